The number of morpholine rings is 1. The first-order valence-corrected chi connectivity index (χ1v) is 8.75. The molecule has 6 nitrogen and oxygen atoms in total. The maximum absolute atomic E-state index is 12.7. The van der Waals surface area contributed by atoms with E-state index in [4.69, 9.17) is 4.74 Å². The van der Waals surface area contributed by atoms with Gasteiger partial charge >= 0.3 is 0 Å². The highest BCUT2D eigenvalue weighted by molar-refractivity contribution is 6.13. The molecule has 2 aromatic carbocycles. The molecule has 134 valence electrons. The van der Waals surface area contributed by atoms with Gasteiger partial charge in [-0.05, 0) is 35.9 Å². The van der Waals surface area contributed by atoms with E-state index in [0.717, 1.165) is 37.6 Å². The summed E-state index contributed by atoms with van der Waals surface area (Å²) >= 11 is 0. The lowest BCUT2D eigenvalue weighted by Crippen LogP contribution is -2.36. The second-order valence-electron chi connectivity index (χ2n) is 6.60. The Morgan fingerprint density at radius 3 is 2.54 bits per heavy atom. The molecule has 1 N–H and O–H groups in total. The summed E-state index contributed by atoms with van der Waals surface area (Å²) in [6.45, 7) is 3.76. The summed E-state index contributed by atoms with van der Waals surface area (Å²) in [6, 6.07) is 13.2. The first-order valence-electron chi connectivity index (χ1n) is 8.75. The highest BCUT2D eigenvalue weighted by atomic mass is 16.5. The topological polar surface area (TPSA) is 61.9 Å². The molecule has 0 bridgehead atoms. The van der Waals surface area contributed by atoms with Crippen LogP contribution in [0.4, 0.5) is 11.4 Å². The Kier molecular flexibility index (Phi) is 4.34. The van der Waals surface area contributed by atoms with Crippen molar-refractivity contribution >= 4 is 23.2 Å². The van der Waals surface area contributed by atoms with E-state index >= 15 is 0 Å². The molecular weight excluding hydrogens is 330 g/mol. The lowest BCUT2D eigenvalue weighted by Gasteiger charge is -2.28. The molecule has 1 saturated heterocycles. The molecule has 0 aliphatic carbocycles. The van der Waals surface area contributed by atoms with Gasteiger partial charge in [-0.15, -0.1) is 0 Å². The van der Waals surface area contributed by atoms with E-state index in [1.807, 2.05) is 36.4 Å². The third-order valence-electron chi connectivity index (χ3n) is 4.86. The summed E-state index contributed by atoms with van der Waals surface area (Å²) in [5.41, 5.74) is 3.66. The fourth-order valence-electron chi connectivity index (χ4n) is 3.47. The third-order valence-corrected chi connectivity index (χ3v) is 4.86. The van der Waals surface area contributed by atoms with Crippen molar-refractivity contribution in [2.24, 2.45) is 0 Å². The van der Waals surface area contributed by atoms with Crippen LogP contribution in [0.1, 0.15) is 26.3 Å². The number of nitrogens with zero attached hydrogens (tertiary/aromatic N) is 2. The molecule has 0 saturated carbocycles. The molecule has 1 fully saturated rings. The third kappa shape index (κ3) is 3.04. The van der Waals surface area contributed by atoms with Gasteiger partial charge < -0.3 is 19.9 Å². The van der Waals surface area contributed by atoms with E-state index in [-0.39, 0.29) is 11.8 Å². The second kappa shape index (κ2) is 6.80. The molecule has 2 aliphatic heterocycles. The number of nitrogens with one attached hydrogen (secondary N) is 1. The van der Waals surface area contributed by atoms with Gasteiger partial charge in [0.2, 0.25) is 0 Å². The van der Waals surface area contributed by atoms with Crippen LogP contribution < -0.4 is 10.2 Å². The average Bonchev–Trinajstić information content (AvgIpc) is 2.97. The predicted octanol–water partition coefficient (Wildman–Crippen LogP) is 2.36. The Hall–Kier alpha value is -2.86. The molecule has 0 radical (unpaired) electrons. The van der Waals surface area contributed by atoms with Crippen molar-refractivity contribution in [2.45, 2.75) is 6.54 Å². The van der Waals surface area contributed by atoms with Crippen LogP contribution in [0.5, 0.6) is 0 Å². The molecule has 0 atom stereocenters. The number of hydrogen-bond donors (Lipinski definition) is 1. The van der Waals surface area contributed by atoms with Crippen molar-refractivity contribution in [1.29, 1.82) is 0 Å². The van der Waals surface area contributed by atoms with Gasteiger partial charge in [0.1, 0.15) is 0 Å². The van der Waals surface area contributed by atoms with Gasteiger partial charge in [0.15, 0.2) is 0 Å². The Balaban J connectivity index is 1.51. The maximum atomic E-state index is 12.7. The number of carbonyl (C=O) groups excluding carboxylic acids is 2. The van der Waals surface area contributed by atoms with Gasteiger partial charge in [0, 0.05) is 38.1 Å². The Labute approximate surface area is 152 Å². The molecule has 2 aliphatic rings. The predicted molar refractivity (Wildman–Crippen MR) is 99.7 cm³/mol. The number of ether oxygens (including phenoxy) is 1. The number of fused-ring (bicyclic) bond motifs is 1. The molecular formula is C20H21N3O3. The van der Waals surface area contributed by atoms with Gasteiger partial charge in [-0.1, -0.05) is 12.1 Å². The van der Waals surface area contributed by atoms with Crippen LogP contribution in [0, 0.1) is 0 Å². The Morgan fingerprint density at radius 1 is 1.08 bits per heavy atom. The Bertz CT molecular complexity index is 842. The van der Waals surface area contributed by atoms with Gasteiger partial charge in [0.05, 0.1) is 24.3 Å². The number of rotatable bonds is 3. The van der Waals surface area contributed by atoms with E-state index in [1.165, 1.54) is 0 Å². The van der Waals surface area contributed by atoms with E-state index in [2.05, 4.69) is 10.2 Å². The quantitative estimate of drug-likeness (QED) is 0.922. The number of hydrogen-bond acceptors (Lipinski definition) is 4. The molecule has 6 heteroatoms. The van der Waals surface area contributed by atoms with Crippen LogP contribution in [0.3, 0.4) is 0 Å². The summed E-state index contributed by atoms with van der Waals surface area (Å²) < 4.78 is 5.37. The molecule has 0 unspecified atom stereocenters. The summed E-state index contributed by atoms with van der Waals surface area (Å²) in [6.07, 6.45) is 0. The van der Waals surface area contributed by atoms with Crippen molar-refractivity contribution in [1.82, 2.24) is 4.90 Å². The van der Waals surface area contributed by atoms with Crippen molar-refractivity contribution < 1.29 is 14.3 Å². The van der Waals surface area contributed by atoms with E-state index in [0.29, 0.717) is 23.4 Å². The molecule has 0 spiro atoms. The smallest absolute Gasteiger partial charge is 0.256 e. The lowest BCUT2D eigenvalue weighted by atomic mass is 10.0. The fourth-order valence-corrected chi connectivity index (χ4v) is 3.47. The molecule has 2 heterocycles. The van der Waals surface area contributed by atoms with Gasteiger partial charge in [0.25, 0.3) is 11.8 Å². The number of amides is 2. The zero-order chi connectivity index (χ0) is 18.1. The van der Waals surface area contributed by atoms with Gasteiger partial charge in [-0.3, -0.25) is 9.59 Å². The molecule has 26 heavy (non-hydrogen) atoms. The highest BCUT2D eigenvalue weighted by Gasteiger charge is 2.29. The minimum absolute atomic E-state index is 0.103. The van der Waals surface area contributed by atoms with Crippen molar-refractivity contribution in [3.63, 3.8) is 0 Å². The SMILES string of the molecule is CN1Cc2cccc(C(=O)Nc3ccc(N4CCOCC4)cc3)c2C1=O. The Morgan fingerprint density at radius 2 is 1.81 bits per heavy atom. The van der Waals surface area contributed by atoms with Crippen molar-refractivity contribution in [3.05, 3.63) is 59.2 Å². The summed E-state index contributed by atoms with van der Waals surface area (Å²) in [5.74, 6) is -0.363. The van der Waals surface area contributed by atoms with Crippen LogP contribution in [0.2, 0.25) is 0 Å². The van der Waals surface area contributed by atoms with Gasteiger partial charge in [-0.25, -0.2) is 0 Å². The number of anilines is 2. The summed E-state index contributed by atoms with van der Waals surface area (Å²) in [4.78, 5) is 28.9. The van der Waals surface area contributed by atoms with Crippen LogP contribution in [0.25, 0.3) is 0 Å². The zero-order valence-corrected chi connectivity index (χ0v) is 14.7. The summed E-state index contributed by atoms with van der Waals surface area (Å²) in [7, 11) is 1.74. The highest BCUT2D eigenvalue weighted by Crippen LogP contribution is 2.26. The first-order chi connectivity index (χ1) is 12.6. The van der Waals surface area contributed by atoms with E-state index in [1.54, 1.807) is 18.0 Å². The summed E-state index contributed by atoms with van der Waals surface area (Å²) in [5, 5.41) is 2.90. The second-order valence-corrected chi connectivity index (χ2v) is 6.60. The average molecular weight is 351 g/mol. The largest absolute Gasteiger partial charge is 0.378 e. The molecule has 4 rings (SSSR count). The van der Waals surface area contributed by atoms with E-state index in [9.17, 15) is 9.59 Å². The van der Waals surface area contributed by atoms with Crippen LogP contribution in [-0.2, 0) is 11.3 Å². The van der Waals surface area contributed by atoms with Gasteiger partial charge in [-0.2, -0.15) is 0 Å². The van der Waals surface area contributed by atoms with Crippen molar-refractivity contribution in [3.8, 4) is 0 Å². The lowest BCUT2D eigenvalue weighted by molar-refractivity contribution is 0.0812. The van der Waals surface area contributed by atoms with Crippen molar-refractivity contribution in [2.75, 3.05) is 43.6 Å². The maximum Gasteiger partial charge on any atom is 0.256 e. The fraction of sp³-hybridized carbons (Fsp3) is 0.300. The van der Waals surface area contributed by atoms with Crippen LogP contribution in [0.15, 0.2) is 42.5 Å². The minimum atomic E-state index is -0.260. The van der Waals surface area contributed by atoms with E-state index < -0.39 is 0 Å². The number of benzene rings is 2. The van der Waals surface area contributed by atoms with Crippen LogP contribution in [-0.4, -0.2) is 50.1 Å². The molecule has 2 aromatic rings. The minimum Gasteiger partial charge on any atom is -0.378 e. The van der Waals surface area contributed by atoms with Crippen LogP contribution >= 0.6 is 0 Å². The monoisotopic (exact) mass is 351 g/mol. The first kappa shape index (κ1) is 16.6. The standard InChI is InChI=1S/C20H21N3O3/c1-22-13-14-3-2-4-17(18(14)20(22)25)19(24)21-15-5-7-16(8-6-15)23-9-11-26-12-10-23/h2-8H,9-13H2,1H3,(H,21,24). The zero-order valence-electron chi connectivity index (χ0n) is 14.7. The number of carbonyl (C=O) groups is 2. The normalized spacial score (nSPS) is 16.6. The molecule has 2 amide bonds. The molecule has 0 aromatic heterocycles.